The number of benzene rings is 2. The minimum absolute atomic E-state index is 0.324. The van der Waals surface area contributed by atoms with Crippen molar-refractivity contribution in [3.05, 3.63) is 53.3 Å². The molecule has 0 aliphatic carbocycles. The van der Waals surface area contributed by atoms with Gasteiger partial charge in [0.15, 0.2) is 0 Å². The van der Waals surface area contributed by atoms with Crippen molar-refractivity contribution in [3.8, 4) is 22.9 Å². The molecule has 0 N–H and O–H groups in total. The summed E-state index contributed by atoms with van der Waals surface area (Å²) < 4.78 is 18.5. The van der Waals surface area contributed by atoms with E-state index in [-0.39, 0.29) is 5.82 Å². The SMILES string of the molecule is CCOc1cc(C=O)cc(C#N)c1-c1ccc(F)cc1. The first-order valence-electron chi connectivity index (χ1n) is 6.11. The van der Waals surface area contributed by atoms with E-state index in [1.165, 1.54) is 18.2 Å². The van der Waals surface area contributed by atoms with E-state index >= 15 is 0 Å². The minimum Gasteiger partial charge on any atom is -0.493 e. The summed E-state index contributed by atoms with van der Waals surface area (Å²) in [6, 6.07) is 10.9. The Morgan fingerprint density at radius 2 is 2.00 bits per heavy atom. The highest BCUT2D eigenvalue weighted by molar-refractivity contribution is 5.84. The van der Waals surface area contributed by atoms with Gasteiger partial charge >= 0.3 is 0 Å². The summed E-state index contributed by atoms with van der Waals surface area (Å²) in [6.07, 6.45) is 0.664. The number of hydrogen-bond donors (Lipinski definition) is 0. The van der Waals surface area contributed by atoms with Crippen molar-refractivity contribution in [2.75, 3.05) is 6.61 Å². The molecule has 0 saturated heterocycles. The van der Waals surface area contributed by atoms with Gasteiger partial charge in [-0.3, -0.25) is 4.79 Å². The zero-order valence-corrected chi connectivity index (χ0v) is 10.9. The number of halogens is 1. The molecule has 2 aromatic carbocycles. The van der Waals surface area contributed by atoms with Gasteiger partial charge in [0.1, 0.15) is 17.9 Å². The van der Waals surface area contributed by atoms with Crippen LogP contribution in [0.25, 0.3) is 11.1 Å². The van der Waals surface area contributed by atoms with Crippen molar-refractivity contribution < 1.29 is 13.9 Å². The molecule has 0 saturated carbocycles. The second kappa shape index (κ2) is 5.98. The third kappa shape index (κ3) is 2.67. The lowest BCUT2D eigenvalue weighted by Crippen LogP contribution is -1.98. The number of nitrogens with zero attached hydrogens (tertiary/aromatic N) is 1. The standard InChI is InChI=1S/C16H12FNO2/c1-2-20-15-8-11(10-19)7-13(9-18)16(15)12-3-5-14(17)6-4-12/h3-8,10H,2H2,1H3. The fourth-order valence-electron chi connectivity index (χ4n) is 1.98. The van der Waals surface area contributed by atoms with Crippen molar-refractivity contribution in [3.63, 3.8) is 0 Å². The van der Waals surface area contributed by atoms with Crippen LogP contribution >= 0.6 is 0 Å². The number of rotatable bonds is 4. The van der Waals surface area contributed by atoms with Crippen LogP contribution in [0.4, 0.5) is 4.39 Å². The van der Waals surface area contributed by atoms with E-state index < -0.39 is 0 Å². The quantitative estimate of drug-likeness (QED) is 0.797. The molecule has 0 amide bonds. The molecule has 0 aliphatic heterocycles. The number of aldehydes is 1. The molecule has 2 aromatic rings. The molecule has 3 nitrogen and oxygen atoms in total. The van der Waals surface area contributed by atoms with E-state index in [9.17, 15) is 14.4 Å². The molecule has 4 heteroatoms. The van der Waals surface area contributed by atoms with Crippen molar-refractivity contribution in [1.29, 1.82) is 5.26 Å². The summed E-state index contributed by atoms with van der Waals surface area (Å²) >= 11 is 0. The maximum Gasteiger partial charge on any atom is 0.150 e. The molecule has 0 unspecified atom stereocenters. The summed E-state index contributed by atoms with van der Waals surface area (Å²) in [5, 5.41) is 9.25. The Morgan fingerprint density at radius 1 is 1.30 bits per heavy atom. The van der Waals surface area contributed by atoms with Gasteiger partial charge in [-0.2, -0.15) is 5.26 Å². The lowest BCUT2D eigenvalue weighted by atomic mass is 9.97. The van der Waals surface area contributed by atoms with Gasteiger partial charge in [-0.25, -0.2) is 4.39 Å². The second-order valence-electron chi connectivity index (χ2n) is 4.11. The van der Waals surface area contributed by atoms with E-state index in [1.807, 2.05) is 13.0 Å². The van der Waals surface area contributed by atoms with Gasteiger partial charge in [-0.15, -0.1) is 0 Å². The van der Waals surface area contributed by atoms with E-state index in [2.05, 4.69) is 0 Å². The van der Waals surface area contributed by atoms with Crippen molar-refractivity contribution in [2.24, 2.45) is 0 Å². The largest absolute Gasteiger partial charge is 0.493 e. The molecule has 0 atom stereocenters. The molecule has 0 heterocycles. The predicted molar refractivity (Wildman–Crippen MR) is 73.1 cm³/mol. The number of carbonyl (C=O) groups is 1. The summed E-state index contributed by atoms with van der Waals surface area (Å²) in [6.45, 7) is 2.22. The van der Waals surface area contributed by atoms with E-state index in [4.69, 9.17) is 4.74 Å². The zero-order chi connectivity index (χ0) is 14.5. The number of nitriles is 1. The zero-order valence-electron chi connectivity index (χ0n) is 10.9. The summed E-state index contributed by atoms with van der Waals surface area (Å²) in [4.78, 5) is 10.9. The molecular weight excluding hydrogens is 257 g/mol. The number of carbonyl (C=O) groups excluding carboxylic acids is 1. The van der Waals surface area contributed by atoms with Crippen LogP contribution in [0.15, 0.2) is 36.4 Å². The topological polar surface area (TPSA) is 50.1 Å². The van der Waals surface area contributed by atoms with Gasteiger partial charge in [0, 0.05) is 11.1 Å². The summed E-state index contributed by atoms with van der Waals surface area (Å²) in [5.74, 6) is 0.0926. The van der Waals surface area contributed by atoms with E-state index in [1.54, 1.807) is 18.2 Å². The average molecular weight is 269 g/mol. The third-order valence-electron chi connectivity index (χ3n) is 2.81. The lowest BCUT2D eigenvalue weighted by molar-refractivity contribution is 0.112. The molecule has 0 radical (unpaired) electrons. The van der Waals surface area contributed by atoms with Gasteiger partial charge < -0.3 is 4.74 Å². The molecule has 0 aliphatic rings. The van der Waals surface area contributed by atoms with Crippen LogP contribution in [-0.2, 0) is 0 Å². The Labute approximate surface area is 116 Å². The Hall–Kier alpha value is -2.67. The predicted octanol–water partition coefficient (Wildman–Crippen LogP) is 3.58. The Morgan fingerprint density at radius 3 is 2.55 bits per heavy atom. The Kier molecular flexibility index (Phi) is 4.11. The maximum absolute atomic E-state index is 13.0. The van der Waals surface area contributed by atoms with Gasteiger partial charge in [-0.1, -0.05) is 12.1 Å². The molecule has 20 heavy (non-hydrogen) atoms. The average Bonchev–Trinajstić information content (AvgIpc) is 2.48. The molecule has 0 aromatic heterocycles. The smallest absolute Gasteiger partial charge is 0.150 e. The highest BCUT2D eigenvalue weighted by Crippen LogP contribution is 2.34. The van der Waals surface area contributed by atoms with Crippen LogP contribution in [0.2, 0.25) is 0 Å². The van der Waals surface area contributed by atoms with Crippen LogP contribution in [-0.4, -0.2) is 12.9 Å². The van der Waals surface area contributed by atoms with Crippen LogP contribution in [0.1, 0.15) is 22.8 Å². The fourth-order valence-corrected chi connectivity index (χ4v) is 1.98. The van der Waals surface area contributed by atoms with Crippen molar-refractivity contribution in [1.82, 2.24) is 0 Å². The Balaban J connectivity index is 2.68. The number of ether oxygens (including phenoxy) is 1. The Bertz CT molecular complexity index is 672. The summed E-state index contributed by atoms with van der Waals surface area (Å²) in [5.41, 5.74) is 1.93. The first-order chi connectivity index (χ1) is 9.69. The molecule has 0 fully saturated rings. The van der Waals surface area contributed by atoms with Crippen molar-refractivity contribution in [2.45, 2.75) is 6.92 Å². The van der Waals surface area contributed by atoms with Gasteiger partial charge in [0.2, 0.25) is 0 Å². The second-order valence-corrected chi connectivity index (χ2v) is 4.11. The third-order valence-corrected chi connectivity index (χ3v) is 2.81. The van der Waals surface area contributed by atoms with Gasteiger partial charge in [-0.05, 0) is 36.8 Å². The highest BCUT2D eigenvalue weighted by atomic mass is 19.1. The van der Waals surface area contributed by atoms with Gasteiger partial charge in [0.05, 0.1) is 18.2 Å². The monoisotopic (exact) mass is 269 g/mol. The molecular formula is C16H12FNO2. The van der Waals surface area contributed by atoms with Crippen LogP contribution in [0, 0.1) is 17.1 Å². The first-order valence-corrected chi connectivity index (χ1v) is 6.11. The fraction of sp³-hybridized carbons (Fsp3) is 0.125. The normalized spacial score (nSPS) is 9.85. The minimum atomic E-state index is -0.352. The summed E-state index contributed by atoms with van der Waals surface area (Å²) in [7, 11) is 0. The van der Waals surface area contributed by atoms with E-state index in [0.717, 1.165) is 0 Å². The van der Waals surface area contributed by atoms with Crippen molar-refractivity contribution >= 4 is 6.29 Å². The van der Waals surface area contributed by atoms with Crippen LogP contribution in [0.3, 0.4) is 0 Å². The highest BCUT2D eigenvalue weighted by Gasteiger charge is 2.14. The van der Waals surface area contributed by atoms with Crippen LogP contribution in [0.5, 0.6) is 5.75 Å². The first kappa shape index (κ1) is 13.8. The maximum atomic E-state index is 13.0. The lowest BCUT2D eigenvalue weighted by Gasteiger charge is -2.13. The number of hydrogen-bond acceptors (Lipinski definition) is 3. The van der Waals surface area contributed by atoms with Crippen LogP contribution < -0.4 is 4.74 Å². The molecule has 0 bridgehead atoms. The molecule has 0 spiro atoms. The molecule has 2 rings (SSSR count). The van der Waals surface area contributed by atoms with E-state index in [0.29, 0.717) is 40.9 Å². The van der Waals surface area contributed by atoms with Gasteiger partial charge in [0.25, 0.3) is 0 Å². The molecule has 100 valence electrons.